The van der Waals surface area contributed by atoms with Crippen LogP contribution in [0.4, 0.5) is 13.2 Å². The van der Waals surface area contributed by atoms with E-state index in [2.05, 4.69) is 0 Å². The van der Waals surface area contributed by atoms with E-state index < -0.39 is 12.7 Å². The maximum absolute atomic E-state index is 11.9. The van der Waals surface area contributed by atoms with Crippen LogP contribution >= 0.6 is 11.3 Å². The van der Waals surface area contributed by atoms with Crippen LogP contribution in [-0.4, -0.2) is 24.7 Å². The van der Waals surface area contributed by atoms with Crippen molar-refractivity contribution in [3.8, 4) is 0 Å². The molecule has 1 nitrogen and oxygen atoms in total. The first-order valence-electron chi connectivity index (χ1n) is 3.75. The maximum Gasteiger partial charge on any atom is 0.401 e. The standard InChI is InChI=1S/C8H10F3NS/c1-12(6-8(9,10)11)5-7-3-2-4-13-7/h2-4H,5-6H2,1H3. The molecule has 5 heteroatoms. The predicted molar refractivity (Wildman–Crippen MR) is 46.7 cm³/mol. The number of alkyl halides is 3. The summed E-state index contributed by atoms with van der Waals surface area (Å²) in [7, 11) is 1.47. The summed E-state index contributed by atoms with van der Waals surface area (Å²) in [5, 5.41) is 1.86. The average molecular weight is 209 g/mol. The maximum atomic E-state index is 11.9. The third kappa shape index (κ3) is 4.28. The Labute approximate surface area is 78.8 Å². The lowest BCUT2D eigenvalue weighted by molar-refractivity contribution is -0.143. The van der Waals surface area contributed by atoms with Crippen molar-refractivity contribution in [3.05, 3.63) is 22.4 Å². The molecule has 0 aliphatic rings. The molecule has 1 aromatic heterocycles. The van der Waals surface area contributed by atoms with Gasteiger partial charge in [0.1, 0.15) is 0 Å². The summed E-state index contributed by atoms with van der Waals surface area (Å²) in [6.45, 7) is -0.498. The van der Waals surface area contributed by atoms with Gasteiger partial charge in [-0.25, -0.2) is 0 Å². The van der Waals surface area contributed by atoms with Gasteiger partial charge in [-0.2, -0.15) is 13.2 Å². The number of hydrogen-bond donors (Lipinski definition) is 0. The highest BCUT2D eigenvalue weighted by atomic mass is 32.1. The molecule has 74 valence electrons. The highest BCUT2D eigenvalue weighted by Crippen LogP contribution is 2.18. The number of thiophene rings is 1. The van der Waals surface area contributed by atoms with Gasteiger partial charge in [0.05, 0.1) is 6.54 Å². The van der Waals surface area contributed by atoms with Gasteiger partial charge in [0.2, 0.25) is 0 Å². The topological polar surface area (TPSA) is 3.24 Å². The summed E-state index contributed by atoms with van der Waals surface area (Å²) in [5.41, 5.74) is 0. The van der Waals surface area contributed by atoms with E-state index in [1.807, 2.05) is 17.5 Å². The van der Waals surface area contributed by atoms with E-state index >= 15 is 0 Å². The van der Waals surface area contributed by atoms with Crippen molar-refractivity contribution in [2.24, 2.45) is 0 Å². The van der Waals surface area contributed by atoms with Gasteiger partial charge >= 0.3 is 6.18 Å². The fraction of sp³-hybridized carbons (Fsp3) is 0.500. The Kier molecular flexibility index (Phi) is 3.33. The van der Waals surface area contributed by atoms with E-state index in [1.54, 1.807) is 0 Å². The minimum absolute atomic E-state index is 0.358. The molecule has 0 unspecified atom stereocenters. The van der Waals surface area contributed by atoms with Crippen LogP contribution in [0, 0.1) is 0 Å². The molecule has 13 heavy (non-hydrogen) atoms. The van der Waals surface area contributed by atoms with Gasteiger partial charge in [-0.15, -0.1) is 11.3 Å². The summed E-state index contributed by atoms with van der Waals surface area (Å²) in [6.07, 6.45) is -4.11. The smallest absolute Gasteiger partial charge is 0.293 e. The zero-order valence-electron chi connectivity index (χ0n) is 7.14. The molecular formula is C8H10F3NS. The van der Waals surface area contributed by atoms with E-state index in [1.165, 1.54) is 23.3 Å². The van der Waals surface area contributed by atoms with Gasteiger partial charge in [0, 0.05) is 11.4 Å². The molecule has 0 amide bonds. The Morgan fingerprint density at radius 3 is 2.62 bits per heavy atom. The molecule has 0 aliphatic heterocycles. The largest absolute Gasteiger partial charge is 0.401 e. The predicted octanol–water partition coefficient (Wildman–Crippen LogP) is 2.74. The van der Waals surface area contributed by atoms with Crippen LogP contribution in [0.3, 0.4) is 0 Å². The molecule has 0 saturated carbocycles. The molecule has 0 fully saturated rings. The number of rotatable bonds is 3. The van der Waals surface area contributed by atoms with Crippen molar-refractivity contribution in [2.45, 2.75) is 12.7 Å². The third-order valence-corrected chi connectivity index (χ3v) is 2.32. The van der Waals surface area contributed by atoms with E-state index in [-0.39, 0.29) is 0 Å². The molecule has 1 rings (SSSR count). The molecule has 1 heterocycles. The lowest BCUT2D eigenvalue weighted by Gasteiger charge is -2.17. The first-order chi connectivity index (χ1) is 5.97. The monoisotopic (exact) mass is 209 g/mol. The van der Waals surface area contributed by atoms with Crippen LogP contribution in [0.2, 0.25) is 0 Å². The lowest BCUT2D eigenvalue weighted by atomic mass is 10.4. The first-order valence-corrected chi connectivity index (χ1v) is 4.63. The van der Waals surface area contributed by atoms with E-state index in [0.717, 1.165) is 4.88 Å². The highest BCUT2D eigenvalue weighted by Gasteiger charge is 2.29. The quantitative estimate of drug-likeness (QED) is 0.739. The molecule has 0 atom stereocenters. The summed E-state index contributed by atoms with van der Waals surface area (Å²) >= 11 is 1.47. The Morgan fingerprint density at radius 2 is 2.15 bits per heavy atom. The van der Waals surface area contributed by atoms with Crippen molar-refractivity contribution in [1.29, 1.82) is 0 Å². The van der Waals surface area contributed by atoms with Gasteiger partial charge in [-0.3, -0.25) is 4.90 Å². The zero-order valence-corrected chi connectivity index (χ0v) is 7.95. The zero-order chi connectivity index (χ0) is 9.90. The minimum Gasteiger partial charge on any atom is -0.293 e. The summed E-state index contributed by atoms with van der Waals surface area (Å²) < 4.78 is 35.7. The lowest BCUT2D eigenvalue weighted by Crippen LogP contribution is -2.30. The molecule has 1 aromatic rings. The normalized spacial score (nSPS) is 12.4. The molecular weight excluding hydrogens is 199 g/mol. The number of hydrogen-bond acceptors (Lipinski definition) is 2. The molecule has 0 spiro atoms. The second kappa shape index (κ2) is 4.11. The van der Waals surface area contributed by atoms with Crippen LogP contribution in [0.15, 0.2) is 17.5 Å². The van der Waals surface area contributed by atoms with Crippen LogP contribution in [0.1, 0.15) is 4.88 Å². The number of halogens is 3. The van der Waals surface area contributed by atoms with Crippen molar-refractivity contribution in [2.75, 3.05) is 13.6 Å². The molecule has 0 radical (unpaired) electrons. The second-order valence-corrected chi connectivity index (χ2v) is 3.90. The van der Waals surface area contributed by atoms with Crippen molar-refractivity contribution < 1.29 is 13.2 Å². The van der Waals surface area contributed by atoms with E-state index in [4.69, 9.17) is 0 Å². The fourth-order valence-corrected chi connectivity index (χ4v) is 1.81. The van der Waals surface area contributed by atoms with Crippen LogP contribution in [0.5, 0.6) is 0 Å². The average Bonchev–Trinajstić information content (AvgIpc) is 2.34. The van der Waals surface area contributed by atoms with Gasteiger partial charge in [0.15, 0.2) is 0 Å². The SMILES string of the molecule is CN(Cc1cccs1)CC(F)(F)F. The second-order valence-electron chi connectivity index (χ2n) is 2.87. The highest BCUT2D eigenvalue weighted by molar-refractivity contribution is 7.09. The Bertz CT molecular complexity index is 242. The minimum atomic E-state index is -4.11. The number of nitrogens with zero attached hydrogens (tertiary/aromatic N) is 1. The molecule has 0 aromatic carbocycles. The Hall–Kier alpha value is -0.550. The van der Waals surface area contributed by atoms with Crippen molar-refractivity contribution >= 4 is 11.3 Å². The van der Waals surface area contributed by atoms with E-state index in [0.29, 0.717) is 6.54 Å². The van der Waals surface area contributed by atoms with Crippen LogP contribution in [0.25, 0.3) is 0 Å². The van der Waals surface area contributed by atoms with Crippen molar-refractivity contribution in [3.63, 3.8) is 0 Å². The first kappa shape index (κ1) is 10.5. The fourth-order valence-electron chi connectivity index (χ4n) is 1.03. The summed E-state index contributed by atoms with van der Waals surface area (Å²) in [6, 6.07) is 3.67. The van der Waals surface area contributed by atoms with Crippen LogP contribution in [-0.2, 0) is 6.54 Å². The van der Waals surface area contributed by atoms with Gasteiger partial charge < -0.3 is 0 Å². The summed E-state index contributed by atoms with van der Waals surface area (Å²) in [5.74, 6) is 0. The molecule has 0 aliphatic carbocycles. The molecule has 0 saturated heterocycles. The molecule has 0 N–H and O–H groups in total. The third-order valence-electron chi connectivity index (χ3n) is 1.46. The van der Waals surface area contributed by atoms with Crippen molar-refractivity contribution in [1.82, 2.24) is 4.90 Å². The molecule has 0 bridgehead atoms. The van der Waals surface area contributed by atoms with Gasteiger partial charge in [-0.05, 0) is 18.5 Å². The Balaban J connectivity index is 2.38. The van der Waals surface area contributed by atoms with Crippen LogP contribution < -0.4 is 0 Å². The van der Waals surface area contributed by atoms with E-state index in [9.17, 15) is 13.2 Å². The Morgan fingerprint density at radius 1 is 1.46 bits per heavy atom. The van der Waals surface area contributed by atoms with Gasteiger partial charge in [-0.1, -0.05) is 6.07 Å². The van der Waals surface area contributed by atoms with Gasteiger partial charge in [0.25, 0.3) is 0 Å². The summed E-state index contributed by atoms with van der Waals surface area (Å²) in [4.78, 5) is 2.21.